The van der Waals surface area contributed by atoms with Crippen molar-refractivity contribution in [3.63, 3.8) is 0 Å². The van der Waals surface area contributed by atoms with Gasteiger partial charge >= 0.3 is 0 Å². The molecule has 0 atom stereocenters. The van der Waals surface area contributed by atoms with Crippen LogP contribution < -0.4 is 5.73 Å². The minimum absolute atomic E-state index is 0.202. The van der Waals surface area contributed by atoms with Gasteiger partial charge in [0.2, 0.25) is 0 Å². The highest BCUT2D eigenvalue weighted by molar-refractivity contribution is 7.18. The van der Waals surface area contributed by atoms with Crippen molar-refractivity contribution in [3.05, 3.63) is 34.7 Å². The Labute approximate surface area is 108 Å². The van der Waals surface area contributed by atoms with Crippen LogP contribution in [0.15, 0.2) is 18.2 Å². The Morgan fingerprint density at radius 2 is 2.12 bits per heavy atom. The SMILES string of the molecule is CC(C)c1nc(N)sc1-c1ccc(Cl)cc1F. The lowest BCUT2D eigenvalue weighted by atomic mass is 10.1. The highest BCUT2D eigenvalue weighted by Gasteiger charge is 2.17. The highest BCUT2D eigenvalue weighted by Crippen LogP contribution is 2.37. The van der Waals surface area contributed by atoms with E-state index in [1.165, 1.54) is 17.4 Å². The number of nitrogens with two attached hydrogens (primary N) is 1. The van der Waals surface area contributed by atoms with Gasteiger partial charge in [-0.05, 0) is 24.1 Å². The summed E-state index contributed by atoms with van der Waals surface area (Å²) in [6, 6.07) is 4.63. The third-order valence-electron chi connectivity index (χ3n) is 2.39. The molecule has 2 nitrogen and oxygen atoms in total. The van der Waals surface area contributed by atoms with E-state index < -0.39 is 0 Å². The van der Waals surface area contributed by atoms with E-state index in [4.69, 9.17) is 17.3 Å². The summed E-state index contributed by atoms with van der Waals surface area (Å²) in [6.07, 6.45) is 0. The second kappa shape index (κ2) is 4.63. The average Bonchev–Trinajstić information content (AvgIpc) is 2.60. The van der Waals surface area contributed by atoms with Crippen molar-refractivity contribution >= 4 is 28.1 Å². The zero-order valence-electron chi connectivity index (χ0n) is 9.50. The second-order valence-corrected chi connectivity index (χ2v) is 5.51. The van der Waals surface area contributed by atoms with Crippen LogP contribution >= 0.6 is 22.9 Å². The lowest BCUT2D eigenvalue weighted by Crippen LogP contribution is -1.93. The Balaban J connectivity index is 2.59. The predicted octanol–water partition coefficient (Wildman–Crippen LogP) is 4.31. The molecule has 0 saturated heterocycles. The Kier molecular flexibility index (Phi) is 3.35. The first-order chi connectivity index (χ1) is 7.99. The van der Waals surface area contributed by atoms with Gasteiger partial charge in [0.25, 0.3) is 0 Å². The zero-order chi connectivity index (χ0) is 12.6. The highest BCUT2D eigenvalue weighted by atomic mass is 35.5. The third-order valence-corrected chi connectivity index (χ3v) is 3.56. The van der Waals surface area contributed by atoms with Crippen LogP contribution in [0.1, 0.15) is 25.5 Å². The van der Waals surface area contributed by atoms with Gasteiger partial charge in [-0.2, -0.15) is 0 Å². The topological polar surface area (TPSA) is 38.9 Å². The van der Waals surface area contributed by atoms with E-state index in [0.717, 1.165) is 10.6 Å². The van der Waals surface area contributed by atoms with Gasteiger partial charge < -0.3 is 5.73 Å². The lowest BCUT2D eigenvalue weighted by Gasteiger charge is -2.06. The molecule has 1 heterocycles. The second-order valence-electron chi connectivity index (χ2n) is 4.05. The lowest BCUT2D eigenvalue weighted by molar-refractivity contribution is 0.631. The van der Waals surface area contributed by atoms with Crippen LogP contribution in [0.3, 0.4) is 0 Å². The summed E-state index contributed by atoms with van der Waals surface area (Å²) in [7, 11) is 0. The van der Waals surface area contributed by atoms with E-state index in [0.29, 0.717) is 15.7 Å². The van der Waals surface area contributed by atoms with Gasteiger partial charge in [0.1, 0.15) is 5.82 Å². The number of nitrogen functional groups attached to an aromatic ring is 1. The van der Waals surface area contributed by atoms with E-state index in [1.807, 2.05) is 13.8 Å². The van der Waals surface area contributed by atoms with E-state index >= 15 is 0 Å². The monoisotopic (exact) mass is 270 g/mol. The molecule has 5 heteroatoms. The van der Waals surface area contributed by atoms with Crippen LogP contribution in [0.2, 0.25) is 5.02 Å². The zero-order valence-corrected chi connectivity index (χ0v) is 11.1. The molecular weight excluding hydrogens is 259 g/mol. The molecule has 0 fully saturated rings. The fraction of sp³-hybridized carbons (Fsp3) is 0.250. The van der Waals surface area contributed by atoms with Gasteiger partial charge in [-0.15, -0.1) is 0 Å². The molecule has 0 aliphatic rings. The Morgan fingerprint density at radius 3 is 2.71 bits per heavy atom. The number of aromatic nitrogens is 1. The molecule has 2 N–H and O–H groups in total. The van der Waals surface area contributed by atoms with Crippen molar-refractivity contribution < 1.29 is 4.39 Å². The van der Waals surface area contributed by atoms with Crippen molar-refractivity contribution in [2.24, 2.45) is 0 Å². The van der Waals surface area contributed by atoms with Crippen molar-refractivity contribution in [2.75, 3.05) is 5.73 Å². The van der Waals surface area contributed by atoms with Gasteiger partial charge in [0, 0.05) is 10.6 Å². The minimum Gasteiger partial charge on any atom is -0.375 e. The molecule has 0 unspecified atom stereocenters. The number of anilines is 1. The molecule has 2 aromatic rings. The first kappa shape index (κ1) is 12.3. The van der Waals surface area contributed by atoms with E-state index in [1.54, 1.807) is 12.1 Å². The van der Waals surface area contributed by atoms with Crippen LogP contribution in [0.5, 0.6) is 0 Å². The Bertz CT molecular complexity index is 551. The number of hydrogen-bond acceptors (Lipinski definition) is 3. The number of nitrogens with zero attached hydrogens (tertiary/aromatic N) is 1. The molecule has 0 spiro atoms. The number of hydrogen-bond donors (Lipinski definition) is 1. The van der Waals surface area contributed by atoms with E-state index in [-0.39, 0.29) is 11.7 Å². The summed E-state index contributed by atoms with van der Waals surface area (Å²) in [5.41, 5.74) is 7.03. The first-order valence-corrected chi connectivity index (χ1v) is 6.40. The molecule has 0 amide bonds. The van der Waals surface area contributed by atoms with Gasteiger partial charge in [0.05, 0.1) is 10.6 Å². The molecular formula is C12H12ClFN2S. The number of rotatable bonds is 2. The summed E-state index contributed by atoms with van der Waals surface area (Å²) in [5.74, 6) is -0.142. The molecule has 0 radical (unpaired) electrons. The number of benzene rings is 1. The summed E-state index contributed by atoms with van der Waals surface area (Å²) >= 11 is 7.03. The predicted molar refractivity (Wildman–Crippen MR) is 71.0 cm³/mol. The fourth-order valence-electron chi connectivity index (χ4n) is 1.61. The van der Waals surface area contributed by atoms with Crippen molar-refractivity contribution in [3.8, 4) is 10.4 Å². The molecule has 1 aromatic carbocycles. The minimum atomic E-state index is -0.344. The van der Waals surface area contributed by atoms with Crippen molar-refractivity contribution in [2.45, 2.75) is 19.8 Å². The largest absolute Gasteiger partial charge is 0.375 e. The van der Waals surface area contributed by atoms with Gasteiger partial charge in [-0.1, -0.05) is 36.8 Å². The Morgan fingerprint density at radius 1 is 1.41 bits per heavy atom. The van der Waals surface area contributed by atoms with Crippen LogP contribution in [0.25, 0.3) is 10.4 Å². The quantitative estimate of drug-likeness (QED) is 0.883. The van der Waals surface area contributed by atoms with Gasteiger partial charge in [-0.25, -0.2) is 9.37 Å². The van der Waals surface area contributed by atoms with E-state index in [2.05, 4.69) is 4.98 Å². The maximum absolute atomic E-state index is 13.8. The maximum Gasteiger partial charge on any atom is 0.180 e. The molecule has 90 valence electrons. The fourth-order valence-corrected chi connectivity index (χ4v) is 2.78. The molecule has 0 saturated carbocycles. The number of halogens is 2. The Hall–Kier alpha value is -1.13. The van der Waals surface area contributed by atoms with Crippen molar-refractivity contribution in [1.29, 1.82) is 0 Å². The van der Waals surface area contributed by atoms with Crippen LogP contribution in [-0.4, -0.2) is 4.98 Å². The molecule has 0 bridgehead atoms. The summed E-state index contributed by atoms with van der Waals surface area (Å²) in [6.45, 7) is 4.01. The summed E-state index contributed by atoms with van der Waals surface area (Å²) in [5, 5.41) is 0.841. The first-order valence-electron chi connectivity index (χ1n) is 5.20. The summed E-state index contributed by atoms with van der Waals surface area (Å²) in [4.78, 5) is 5.03. The summed E-state index contributed by atoms with van der Waals surface area (Å²) < 4.78 is 13.8. The standard InChI is InChI=1S/C12H12ClFN2S/c1-6(2)10-11(17-12(15)16-10)8-4-3-7(13)5-9(8)14/h3-6H,1-2H3,(H2,15,16). The third kappa shape index (κ3) is 2.42. The molecule has 2 rings (SSSR count). The van der Waals surface area contributed by atoms with Gasteiger partial charge in [0.15, 0.2) is 5.13 Å². The van der Waals surface area contributed by atoms with Crippen LogP contribution in [-0.2, 0) is 0 Å². The van der Waals surface area contributed by atoms with Gasteiger partial charge in [-0.3, -0.25) is 0 Å². The van der Waals surface area contributed by atoms with Crippen LogP contribution in [0, 0.1) is 5.82 Å². The molecule has 17 heavy (non-hydrogen) atoms. The maximum atomic E-state index is 13.8. The van der Waals surface area contributed by atoms with E-state index in [9.17, 15) is 4.39 Å². The van der Waals surface area contributed by atoms with Crippen molar-refractivity contribution in [1.82, 2.24) is 4.98 Å². The van der Waals surface area contributed by atoms with Crippen LogP contribution in [0.4, 0.5) is 9.52 Å². The normalized spacial score (nSPS) is 11.1. The molecule has 0 aliphatic heterocycles. The number of thiazole rings is 1. The average molecular weight is 271 g/mol. The smallest absolute Gasteiger partial charge is 0.180 e. The molecule has 1 aromatic heterocycles. The molecule has 0 aliphatic carbocycles.